The lowest BCUT2D eigenvalue weighted by atomic mass is 9.93. The molecule has 1 unspecified atom stereocenters. The van der Waals surface area contributed by atoms with Gasteiger partial charge in [-0.05, 0) is 66.9 Å². The summed E-state index contributed by atoms with van der Waals surface area (Å²) in [6.07, 6.45) is 3.43. The second-order valence-corrected chi connectivity index (χ2v) is 7.07. The fraction of sp³-hybridized carbons (Fsp3) is 0.571. The van der Waals surface area contributed by atoms with Crippen LogP contribution in [0.15, 0.2) is 22.7 Å². The summed E-state index contributed by atoms with van der Waals surface area (Å²) in [4.78, 5) is 0. The Kier molecular flexibility index (Phi) is 5.52. The predicted octanol–water partition coefficient (Wildman–Crippen LogP) is 4.02. The monoisotopic (exact) mass is 332 g/mol. The van der Waals surface area contributed by atoms with Crippen LogP contribution in [-0.2, 0) is 6.42 Å². The Morgan fingerprint density at radius 1 is 1.33 bits per heavy atom. The number of hydrogen-bond acceptors (Lipinski definition) is 2. The maximum Gasteiger partial charge on any atom is 0.124 e. The molecule has 1 nitrogen and oxygen atoms in total. The van der Waals surface area contributed by atoms with Crippen LogP contribution in [-0.4, -0.2) is 22.7 Å². The lowest BCUT2D eigenvalue weighted by Crippen LogP contribution is -2.19. The normalized spacial score (nSPS) is 18.8. The van der Waals surface area contributed by atoms with Gasteiger partial charge in [-0.3, -0.25) is 0 Å². The Bertz CT molecular complexity index is 373. The van der Waals surface area contributed by atoms with Gasteiger partial charge in [-0.25, -0.2) is 4.39 Å². The minimum atomic E-state index is -0.355. The molecular formula is C14H18BrFOS. The Balaban J connectivity index is 1.87. The van der Waals surface area contributed by atoms with Crippen molar-refractivity contribution in [1.82, 2.24) is 0 Å². The summed E-state index contributed by atoms with van der Waals surface area (Å²) >= 11 is 5.27. The standard InChI is InChI=1S/C14H18BrFOS/c15-12-5-11(6-13(16)9-12)8-14(17)7-10-1-3-18-4-2-10/h5-6,9-10,14,17H,1-4,7-8H2. The van der Waals surface area contributed by atoms with Gasteiger partial charge in [0.15, 0.2) is 0 Å². The van der Waals surface area contributed by atoms with Crippen molar-refractivity contribution >= 4 is 27.7 Å². The van der Waals surface area contributed by atoms with Gasteiger partial charge in [0.25, 0.3) is 0 Å². The van der Waals surface area contributed by atoms with Gasteiger partial charge in [-0.2, -0.15) is 11.8 Å². The van der Waals surface area contributed by atoms with E-state index in [1.54, 1.807) is 0 Å². The summed E-state index contributed by atoms with van der Waals surface area (Å²) in [6.45, 7) is 0. The molecule has 0 spiro atoms. The molecule has 100 valence electrons. The molecule has 0 bridgehead atoms. The highest BCUT2D eigenvalue weighted by molar-refractivity contribution is 9.10. The molecule has 1 aromatic rings. The molecule has 0 radical (unpaired) electrons. The van der Waals surface area contributed by atoms with E-state index in [2.05, 4.69) is 15.9 Å². The number of rotatable bonds is 4. The SMILES string of the molecule is OC(Cc1cc(F)cc(Br)c1)CC1CCSCC1. The first-order valence-corrected chi connectivity index (χ1v) is 8.29. The summed E-state index contributed by atoms with van der Waals surface area (Å²) in [7, 11) is 0. The van der Waals surface area contributed by atoms with Gasteiger partial charge in [0.2, 0.25) is 0 Å². The van der Waals surface area contributed by atoms with Crippen LogP contribution < -0.4 is 0 Å². The molecule has 18 heavy (non-hydrogen) atoms. The second-order valence-electron chi connectivity index (χ2n) is 4.93. The van der Waals surface area contributed by atoms with Crippen LogP contribution in [0.1, 0.15) is 24.8 Å². The van der Waals surface area contributed by atoms with Gasteiger partial charge >= 0.3 is 0 Å². The Labute approximate surface area is 120 Å². The van der Waals surface area contributed by atoms with E-state index in [0.717, 1.165) is 16.5 Å². The first-order chi connectivity index (χ1) is 8.63. The smallest absolute Gasteiger partial charge is 0.124 e. The average molecular weight is 333 g/mol. The quantitative estimate of drug-likeness (QED) is 0.898. The number of aliphatic hydroxyl groups is 1. The highest BCUT2D eigenvalue weighted by Crippen LogP contribution is 2.27. The molecule has 0 aliphatic carbocycles. The molecule has 1 aromatic carbocycles. The first-order valence-electron chi connectivity index (χ1n) is 6.34. The average Bonchev–Trinajstić information content (AvgIpc) is 2.28. The second kappa shape index (κ2) is 6.92. The fourth-order valence-electron chi connectivity index (χ4n) is 2.45. The van der Waals surface area contributed by atoms with Crippen LogP contribution in [0.5, 0.6) is 0 Å². The molecular weight excluding hydrogens is 315 g/mol. The van der Waals surface area contributed by atoms with Crippen LogP contribution in [0.25, 0.3) is 0 Å². The number of halogens is 2. The lowest BCUT2D eigenvalue weighted by molar-refractivity contribution is 0.139. The van der Waals surface area contributed by atoms with Crippen molar-refractivity contribution in [3.05, 3.63) is 34.1 Å². The highest BCUT2D eigenvalue weighted by atomic mass is 79.9. The molecule has 1 aliphatic heterocycles. The number of benzene rings is 1. The zero-order valence-electron chi connectivity index (χ0n) is 10.2. The minimum Gasteiger partial charge on any atom is -0.393 e. The summed E-state index contributed by atoms with van der Waals surface area (Å²) in [5, 5.41) is 10.1. The number of thioether (sulfide) groups is 1. The fourth-order valence-corrected chi connectivity index (χ4v) is 4.17. The molecule has 0 aromatic heterocycles. The van der Waals surface area contributed by atoms with Crippen LogP contribution in [0.2, 0.25) is 0 Å². The lowest BCUT2D eigenvalue weighted by Gasteiger charge is -2.23. The topological polar surface area (TPSA) is 20.2 Å². The van der Waals surface area contributed by atoms with Crippen molar-refractivity contribution in [3.8, 4) is 0 Å². The van der Waals surface area contributed by atoms with Crippen molar-refractivity contribution in [1.29, 1.82) is 0 Å². The third-order valence-electron chi connectivity index (χ3n) is 3.34. The zero-order chi connectivity index (χ0) is 13.0. The summed E-state index contributed by atoms with van der Waals surface area (Å²) in [5.74, 6) is 2.81. The summed E-state index contributed by atoms with van der Waals surface area (Å²) in [6, 6.07) is 4.82. The molecule has 0 amide bonds. The highest BCUT2D eigenvalue weighted by Gasteiger charge is 2.18. The van der Waals surface area contributed by atoms with E-state index < -0.39 is 0 Å². The van der Waals surface area contributed by atoms with E-state index in [1.807, 2.05) is 17.8 Å². The molecule has 1 N–H and O–H groups in total. The van der Waals surface area contributed by atoms with Crippen LogP contribution >= 0.6 is 27.7 Å². The van der Waals surface area contributed by atoms with E-state index >= 15 is 0 Å². The maximum absolute atomic E-state index is 13.2. The molecule has 4 heteroatoms. The zero-order valence-corrected chi connectivity index (χ0v) is 12.6. The van der Waals surface area contributed by atoms with Gasteiger partial charge in [-0.1, -0.05) is 15.9 Å². The largest absolute Gasteiger partial charge is 0.393 e. The molecule has 2 rings (SSSR count). The maximum atomic E-state index is 13.2. The Morgan fingerprint density at radius 3 is 2.72 bits per heavy atom. The summed E-state index contributed by atoms with van der Waals surface area (Å²) in [5.41, 5.74) is 0.861. The van der Waals surface area contributed by atoms with Gasteiger partial charge in [0, 0.05) is 4.47 Å². The van der Waals surface area contributed by atoms with Crippen molar-refractivity contribution in [3.63, 3.8) is 0 Å². The molecule has 1 heterocycles. The molecule has 1 saturated heterocycles. The van der Waals surface area contributed by atoms with Crippen molar-refractivity contribution in [2.45, 2.75) is 31.8 Å². The number of aliphatic hydroxyl groups excluding tert-OH is 1. The minimum absolute atomic E-state index is 0.249. The van der Waals surface area contributed by atoms with Crippen molar-refractivity contribution in [2.24, 2.45) is 5.92 Å². The van der Waals surface area contributed by atoms with E-state index in [1.165, 1.54) is 36.5 Å². The van der Waals surface area contributed by atoms with Crippen LogP contribution in [0.4, 0.5) is 4.39 Å². The Hall–Kier alpha value is -0.0600. The molecule has 1 fully saturated rings. The van der Waals surface area contributed by atoms with Crippen LogP contribution in [0.3, 0.4) is 0 Å². The third kappa shape index (κ3) is 4.56. The van der Waals surface area contributed by atoms with Gasteiger partial charge < -0.3 is 5.11 Å². The third-order valence-corrected chi connectivity index (χ3v) is 4.85. The van der Waals surface area contributed by atoms with E-state index in [9.17, 15) is 9.50 Å². The molecule has 1 aliphatic rings. The summed E-state index contributed by atoms with van der Waals surface area (Å²) < 4.78 is 14.0. The van der Waals surface area contributed by atoms with E-state index in [0.29, 0.717) is 12.3 Å². The first kappa shape index (κ1) is 14.4. The predicted molar refractivity (Wildman–Crippen MR) is 78.5 cm³/mol. The van der Waals surface area contributed by atoms with Gasteiger partial charge in [0.1, 0.15) is 5.82 Å². The van der Waals surface area contributed by atoms with E-state index in [4.69, 9.17) is 0 Å². The molecule has 0 saturated carbocycles. The van der Waals surface area contributed by atoms with Crippen LogP contribution in [0, 0.1) is 11.7 Å². The van der Waals surface area contributed by atoms with Crippen molar-refractivity contribution in [2.75, 3.05) is 11.5 Å². The Morgan fingerprint density at radius 2 is 2.06 bits per heavy atom. The van der Waals surface area contributed by atoms with Crippen molar-refractivity contribution < 1.29 is 9.50 Å². The van der Waals surface area contributed by atoms with E-state index in [-0.39, 0.29) is 11.9 Å². The molecule has 1 atom stereocenters. The van der Waals surface area contributed by atoms with Gasteiger partial charge in [0.05, 0.1) is 6.10 Å². The number of hydrogen-bond donors (Lipinski definition) is 1. The van der Waals surface area contributed by atoms with Gasteiger partial charge in [-0.15, -0.1) is 0 Å².